The van der Waals surface area contributed by atoms with Crippen LogP contribution in [0.4, 0.5) is 0 Å². The van der Waals surface area contributed by atoms with E-state index < -0.39 is 0 Å². The van der Waals surface area contributed by atoms with Crippen LogP contribution in [0.2, 0.25) is 0 Å². The van der Waals surface area contributed by atoms with Crippen LogP contribution in [0.5, 0.6) is 0 Å². The molecule has 20 heavy (non-hydrogen) atoms. The summed E-state index contributed by atoms with van der Waals surface area (Å²) in [5.41, 5.74) is 6.88. The van der Waals surface area contributed by atoms with Gasteiger partial charge in [0.2, 0.25) is 0 Å². The van der Waals surface area contributed by atoms with Gasteiger partial charge >= 0.3 is 0 Å². The van der Waals surface area contributed by atoms with Gasteiger partial charge < -0.3 is 10.6 Å². The fourth-order valence-electron chi connectivity index (χ4n) is 4.08. The Morgan fingerprint density at radius 2 is 2.05 bits per heavy atom. The van der Waals surface area contributed by atoms with Gasteiger partial charge in [-0.15, -0.1) is 0 Å². The summed E-state index contributed by atoms with van der Waals surface area (Å²) in [6, 6.07) is 0.657. The normalized spacial score (nSPS) is 36.8. The highest BCUT2D eigenvalue weighted by atomic mass is 32.2. The molecule has 0 aromatic rings. The molecule has 2 unspecified atom stereocenters. The molecule has 2 aliphatic heterocycles. The van der Waals surface area contributed by atoms with Gasteiger partial charge in [-0.25, -0.2) is 0 Å². The van der Waals surface area contributed by atoms with Gasteiger partial charge in [-0.05, 0) is 44.0 Å². The molecule has 118 valence electrons. The predicted molar refractivity (Wildman–Crippen MR) is 90.4 cm³/mol. The second kappa shape index (κ2) is 6.55. The van der Waals surface area contributed by atoms with Crippen LogP contribution in [-0.2, 0) is 0 Å². The third-order valence-corrected chi connectivity index (χ3v) is 6.91. The number of hydrogen-bond donors (Lipinski definition) is 1. The van der Waals surface area contributed by atoms with Gasteiger partial charge in [0.15, 0.2) is 0 Å². The Labute approximate surface area is 129 Å². The minimum Gasteiger partial charge on any atom is -0.329 e. The van der Waals surface area contributed by atoms with Crippen LogP contribution >= 0.6 is 11.8 Å². The average Bonchev–Trinajstić information content (AvgIpc) is 2.60. The minimum atomic E-state index is 0.182. The number of likely N-dealkylation sites (N-methyl/N-ethyl adjacent to an activating group) is 1. The molecular formula is C16H33N3S. The molecule has 2 N–H and O–H groups in total. The van der Waals surface area contributed by atoms with Crippen LogP contribution in [0.15, 0.2) is 0 Å². The van der Waals surface area contributed by atoms with Crippen LogP contribution in [0.3, 0.4) is 0 Å². The lowest BCUT2D eigenvalue weighted by atomic mass is 9.69. The van der Waals surface area contributed by atoms with Gasteiger partial charge in [-0.1, -0.05) is 20.8 Å². The second-order valence-corrected chi connectivity index (χ2v) is 8.40. The Morgan fingerprint density at radius 1 is 1.30 bits per heavy atom. The fourth-order valence-corrected chi connectivity index (χ4v) is 5.89. The Hall–Kier alpha value is 0.230. The Kier molecular flexibility index (Phi) is 5.44. The van der Waals surface area contributed by atoms with Crippen LogP contribution < -0.4 is 5.73 Å². The Balaban J connectivity index is 2.32. The summed E-state index contributed by atoms with van der Waals surface area (Å²) in [7, 11) is 2.27. The maximum atomic E-state index is 6.38. The van der Waals surface area contributed by atoms with Crippen molar-refractivity contribution in [3.63, 3.8) is 0 Å². The van der Waals surface area contributed by atoms with Crippen molar-refractivity contribution in [2.24, 2.45) is 11.1 Å². The average molecular weight is 300 g/mol. The monoisotopic (exact) mass is 299 g/mol. The number of nitrogens with two attached hydrogens (primary N) is 1. The van der Waals surface area contributed by atoms with Gasteiger partial charge in [0.1, 0.15) is 0 Å². The molecule has 2 rings (SSSR count). The lowest BCUT2D eigenvalue weighted by Crippen LogP contribution is -2.68. The van der Waals surface area contributed by atoms with Gasteiger partial charge in [0, 0.05) is 37.0 Å². The summed E-state index contributed by atoms with van der Waals surface area (Å²) < 4.78 is 0. The SMILES string of the molecule is CCC1CN(C)CCCN1C1(CN)CSCCC1(C)C. The summed E-state index contributed by atoms with van der Waals surface area (Å²) >= 11 is 2.11. The molecule has 0 amide bonds. The third kappa shape index (κ3) is 2.90. The van der Waals surface area contributed by atoms with Crippen molar-refractivity contribution in [1.82, 2.24) is 9.80 Å². The number of hydrogen-bond acceptors (Lipinski definition) is 4. The molecule has 0 spiro atoms. The van der Waals surface area contributed by atoms with Crippen molar-refractivity contribution in [3.05, 3.63) is 0 Å². The highest BCUT2D eigenvalue weighted by molar-refractivity contribution is 7.99. The van der Waals surface area contributed by atoms with E-state index >= 15 is 0 Å². The molecule has 2 heterocycles. The first kappa shape index (κ1) is 16.6. The van der Waals surface area contributed by atoms with Crippen LogP contribution in [0.1, 0.15) is 40.0 Å². The summed E-state index contributed by atoms with van der Waals surface area (Å²) in [5, 5.41) is 0. The largest absolute Gasteiger partial charge is 0.329 e. The van der Waals surface area contributed by atoms with Gasteiger partial charge in [-0.3, -0.25) is 4.90 Å². The zero-order valence-electron chi connectivity index (χ0n) is 13.8. The lowest BCUT2D eigenvalue weighted by molar-refractivity contribution is -0.0273. The molecule has 0 radical (unpaired) electrons. The lowest BCUT2D eigenvalue weighted by Gasteiger charge is -2.57. The first-order valence-corrected chi connectivity index (χ1v) is 9.35. The van der Waals surface area contributed by atoms with Gasteiger partial charge in [-0.2, -0.15) is 11.8 Å². The van der Waals surface area contributed by atoms with Gasteiger partial charge in [0.05, 0.1) is 0 Å². The van der Waals surface area contributed by atoms with E-state index in [9.17, 15) is 0 Å². The molecule has 0 aromatic heterocycles. The standard InChI is InChI=1S/C16H33N3S/c1-5-14-11-18(4)8-6-9-19(14)16(12-17)13-20-10-7-15(16,2)3/h14H,5-13,17H2,1-4H3. The highest BCUT2D eigenvalue weighted by Gasteiger charge is 2.51. The third-order valence-electron chi connectivity index (χ3n) is 5.73. The highest BCUT2D eigenvalue weighted by Crippen LogP contribution is 2.46. The van der Waals surface area contributed by atoms with Crippen LogP contribution in [0, 0.1) is 5.41 Å². The molecule has 0 bridgehead atoms. The van der Waals surface area contributed by atoms with Crippen molar-refractivity contribution in [1.29, 1.82) is 0 Å². The topological polar surface area (TPSA) is 32.5 Å². The number of rotatable bonds is 3. The molecule has 0 aromatic carbocycles. The first-order valence-electron chi connectivity index (χ1n) is 8.20. The van der Waals surface area contributed by atoms with Crippen molar-refractivity contribution in [2.45, 2.75) is 51.6 Å². The molecule has 0 aliphatic carbocycles. The summed E-state index contributed by atoms with van der Waals surface area (Å²) in [5.74, 6) is 2.50. The molecular weight excluding hydrogens is 266 g/mol. The summed E-state index contributed by atoms with van der Waals surface area (Å²) in [6.45, 7) is 11.7. The molecule has 4 heteroatoms. The Morgan fingerprint density at radius 3 is 2.65 bits per heavy atom. The summed E-state index contributed by atoms with van der Waals surface area (Å²) in [6.07, 6.45) is 3.79. The zero-order chi connectivity index (χ0) is 14.8. The maximum absolute atomic E-state index is 6.38. The number of nitrogens with zero attached hydrogens (tertiary/aromatic N) is 2. The van der Waals surface area contributed by atoms with E-state index in [1.54, 1.807) is 0 Å². The molecule has 2 atom stereocenters. The predicted octanol–water partition coefficient (Wildman–Crippen LogP) is 2.26. The van der Waals surface area contributed by atoms with Crippen molar-refractivity contribution in [3.8, 4) is 0 Å². The quantitative estimate of drug-likeness (QED) is 0.866. The Bertz CT molecular complexity index is 321. The molecule has 2 saturated heterocycles. The number of thioether (sulfide) groups is 1. The minimum absolute atomic E-state index is 0.182. The van der Waals surface area contributed by atoms with Gasteiger partial charge in [0.25, 0.3) is 0 Å². The van der Waals surface area contributed by atoms with E-state index in [4.69, 9.17) is 5.73 Å². The fraction of sp³-hybridized carbons (Fsp3) is 1.00. The van der Waals surface area contributed by atoms with E-state index in [2.05, 4.69) is 49.4 Å². The van der Waals surface area contributed by atoms with E-state index in [0.29, 0.717) is 11.5 Å². The first-order chi connectivity index (χ1) is 9.47. The van der Waals surface area contributed by atoms with Crippen LogP contribution in [0.25, 0.3) is 0 Å². The molecule has 0 saturated carbocycles. The van der Waals surface area contributed by atoms with E-state index in [-0.39, 0.29) is 5.54 Å². The maximum Gasteiger partial charge on any atom is 0.0476 e. The van der Waals surface area contributed by atoms with E-state index in [0.717, 1.165) is 6.54 Å². The van der Waals surface area contributed by atoms with Crippen molar-refractivity contribution >= 4 is 11.8 Å². The summed E-state index contributed by atoms with van der Waals surface area (Å²) in [4.78, 5) is 5.31. The smallest absolute Gasteiger partial charge is 0.0476 e. The second-order valence-electron chi connectivity index (χ2n) is 7.29. The van der Waals surface area contributed by atoms with E-state index in [1.165, 1.54) is 50.4 Å². The van der Waals surface area contributed by atoms with Crippen LogP contribution in [-0.4, -0.2) is 66.1 Å². The van der Waals surface area contributed by atoms with Crippen molar-refractivity contribution < 1.29 is 0 Å². The van der Waals surface area contributed by atoms with E-state index in [1.807, 2.05) is 0 Å². The molecule has 2 fully saturated rings. The van der Waals surface area contributed by atoms with Crippen molar-refractivity contribution in [2.75, 3.05) is 44.7 Å². The zero-order valence-corrected chi connectivity index (χ0v) is 14.6. The molecule has 3 nitrogen and oxygen atoms in total. The molecule has 2 aliphatic rings.